The quantitative estimate of drug-likeness (QED) is 0.508. The Hall–Kier alpha value is -2.71. The Bertz CT molecular complexity index is 920. The first-order chi connectivity index (χ1) is 13.3. The maximum absolute atomic E-state index is 12.6. The molecule has 0 aromatic heterocycles. The van der Waals surface area contributed by atoms with Gasteiger partial charge in [-0.05, 0) is 50.2 Å². The van der Waals surface area contributed by atoms with Crippen molar-refractivity contribution in [2.75, 3.05) is 13.7 Å². The molecule has 0 bridgehead atoms. The minimum Gasteiger partial charge on any atom is -0.497 e. The van der Waals surface area contributed by atoms with Gasteiger partial charge in [0.2, 0.25) is 10.0 Å². The number of ether oxygens (including phenoxy) is 2. The zero-order valence-electron chi connectivity index (χ0n) is 16.0. The molecule has 0 saturated carbocycles. The molecule has 2 aromatic rings. The molecule has 0 heterocycles. The molecule has 0 aliphatic carbocycles. The Morgan fingerprint density at radius 2 is 1.64 bits per heavy atom. The van der Waals surface area contributed by atoms with Crippen LogP contribution in [0.3, 0.4) is 0 Å². The third-order valence-corrected chi connectivity index (χ3v) is 5.49. The number of esters is 1. The van der Waals surface area contributed by atoms with Crippen molar-refractivity contribution in [1.82, 2.24) is 4.72 Å². The Kier molecular flexibility index (Phi) is 7.31. The van der Waals surface area contributed by atoms with Gasteiger partial charge in [0, 0.05) is 12.0 Å². The van der Waals surface area contributed by atoms with Crippen LogP contribution in [-0.4, -0.2) is 39.9 Å². The summed E-state index contributed by atoms with van der Waals surface area (Å²) in [5.74, 6) is -0.620. The van der Waals surface area contributed by atoms with Crippen LogP contribution in [0.1, 0.15) is 29.3 Å². The number of rotatable bonds is 9. The highest BCUT2D eigenvalue weighted by Gasteiger charge is 2.29. The summed E-state index contributed by atoms with van der Waals surface area (Å²) in [7, 11) is -2.49. The first kappa shape index (κ1) is 21.6. The highest BCUT2D eigenvalue weighted by Crippen LogP contribution is 2.16. The molecule has 7 nitrogen and oxygen atoms in total. The normalized spacial score (nSPS) is 12.2. The highest BCUT2D eigenvalue weighted by molar-refractivity contribution is 7.89. The number of nitrogens with one attached hydrogen (secondary N) is 1. The van der Waals surface area contributed by atoms with Crippen LogP contribution in [-0.2, 0) is 19.6 Å². The molecule has 28 heavy (non-hydrogen) atoms. The summed E-state index contributed by atoms with van der Waals surface area (Å²) in [6.07, 6.45) is -0.365. The first-order valence-electron chi connectivity index (χ1n) is 8.69. The van der Waals surface area contributed by atoms with Gasteiger partial charge in [-0.25, -0.2) is 8.42 Å². The summed E-state index contributed by atoms with van der Waals surface area (Å²) < 4.78 is 37.5. The van der Waals surface area contributed by atoms with Gasteiger partial charge in [0.05, 0.1) is 18.6 Å². The second-order valence-electron chi connectivity index (χ2n) is 6.09. The molecule has 1 atom stereocenters. The average Bonchev–Trinajstić information content (AvgIpc) is 2.67. The van der Waals surface area contributed by atoms with Gasteiger partial charge >= 0.3 is 5.97 Å². The van der Waals surface area contributed by atoms with Crippen molar-refractivity contribution in [2.24, 2.45) is 0 Å². The van der Waals surface area contributed by atoms with E-state index in [-0.39, 0.29) is 17.9 Å². The van der Waals surface area contributed by atoms with Crippen LogP contribution >= 0.6 is 0 Å². The van der Waals surface area contributed by atoms with Crippen molar-refractivity contribution in [3.8, 4) is 5.75 Å². The summed E-state index contributed by atoms with van der Waals surface area (Å²) in [6.45, 7) is 3.51. The number of Topliss-reactive ketones (excluding diaryl/α,β-unsaturated/α-hetero) is 1. The fourth-order valence-corrected chi connectivity index (χ4v) is 3.65. The summed E-state index contributed by atoms with van der Waals surface area (Å²) >= 11 is 0. The van der Waals surface area contributed by atoms with Gasteiger partial charge in [-0.1, -0.05) is 17.7 Å². The predicted molar refractivity (Wildman–Crippen MR) is 104 cm³/mol. The molecule has 0 fully saturated rings. The van der Waals surface area contributed by atoms with Crippen LogP contribution < -0.4 is 9.46 Å². The Morgan fingerprint density at radius 1 is 1.04 bits per heavy atom. The molecule has 0 saturated heterocycles. The van der Waals surface area contributed by atoms with E-state index in [4.69, 9.17) is 9.47 Å². The van der Waals surface area contributed by atoms with Gasteiger partial charge in [-0.3, -0.25) is 9.59 Å². The van der Waals surface area contributed by atoms with Gasteiger partial charge in [-0.2, -0.15) is 4.72 Å². The molecule has 2 rings (SSSR count). The zero-order valence-corrected chi connectivity index (χ0v) is 16.8. The largest absolute Gasteiger partial charge is 0.497 e. The summed E-state index contributed by atoms with van der Waals surface area (Å²) in [6, 6.07) is 11.2. The third kappa shape index (κ3) is 5.64. The summed E-state index contributed by atoms with van der Waals surface area (Å²) in [5, 5.41) is 0. The standard InChI is InChI=1S/C20H23NO6S/c1-4-27-20(23)18(13-19(22)15-7-9-16(26-3)10-8-15)21-28(24,25)17-11-5-14(2)6-12-17/h5-12,18,21H,4,13H2,1-3H3/t18-/m0/s1. The first-order valence-corrected chi connectivity index (χ1v) is 10.2. The van der Waals surface area contributed by atoms with Crippen molar-refractivity contribution in [2.45, 2.75) is 31.2 Å². The number of hydrogen-bond acceptors (Lipinski definition) is 6. The predicted octanol–water partition coefficient (Wildman–Crippen LogP) is 2.49. The van der Waals surface area contributed by atoms with Gasteiger partial charge in [0.1, 0.15) is 11.8 Å². The summed E-state index contributed by atoms with van der Waals surface area (Å²) in [4.78, 5) is 24.8. The van der Waals surface area contributed by atoms with Crippen LogP contribution in [0.25, 0.3) is 0 Å². The lowest BCUT2D eigenvalue weighted by Gasteiger charge is -2.17. The maximum Gasteiger partial charge on any atom is 0.324 e. The van der Waals surface area contributed by atoms with E-state index in [9.17, 15) is 18.0 Å². The van der Waals surface area contributed by atoms with Crippen molar-refractivity contribution < 1.29 is 27.5 Å². The number of ketones is 1. The lowest BCUT2D eigenvalue weighted by Crippen LogP contribution is -2.43. The van der Waals surface area contributed by atoms with E-state index >= 15 is 0 Å². The van der Waals surface area contributed by atoms with E-state index in [0.29, 0.717) is 11.3 Å². The van der Waals surface area contributed by atoms with Crippen molar-refractivity contribution in [1.29, 1.82) is 0 Å². The second-order valence-corrected chi connectivity index (χ2v) is 7.81. The Morgan fingerprint density at radius 3 is 2.18 bits per heavy atom. The average molecular weight is 405 g/mol. The number of methoxy groups -OCH3 is 1. The van der Waals surface area contributed by atoms with Crippen LogP contribution in [0.15, 0.2) is 53.4 Å². The molecule has 2 aromatic carbocycles. The molecule has 0 aliphatic rings. The van der Waals surface area contributed by atoms with Gasteiger partial charge in [0.15, 0.2) is 5.78 Å². The zero-order chi connectivity index (χ0) is 20.7. The lowest BCUT2D eigenvalue weighted by atomic mass is 10.0. The fraction of sp³-hybridized carbons (Fsp3) is 0.300. The monoisotopic (exact) mass is 405 g/mol. The van der Waals surface area contributed by atoms with Gasteiger partial charge < -0.3 is 9.47 Å². The Labute approximate surface area is 164 Å². The molecule has 1 N–H and O–H groups in total. The summed E-state index contributed by atoms with van der Waals surface area (Å²) in [5.41, 5.74) is 1.24. The van der Waals surface area contributed by atoms with E-state index < -0.39 is 27.8 Å². The lowest BCUT2D eigenvalue weighted by molar-refractivity contribution is -0.145. The van der Waals surface area contributed by atoms with Crippen LogP contribution in [0.4, 0.5) is 0 Å². The number of hydrogen-bond donors (Lipinski definition) is 1. The van der Waals surface area contributed by atoms with E-state index in [1.165, 1.54) is 19.2 Å². The van der Waals surface area contributed by atoms with E-state index in [1.807, 2.05) is 6.92 Å². The second kappa shape index (κ2) is 9.48. The van der Waals surface area contributed by atoms with Crippen molar-refractivity contribution >= 4 is 21.8 Å². The van der Waals surface area contributed by atoms with Crippen molar-refractivity contribution in [3.63, 3.8) is 0 Å². The smallest absolute Gasteiger partial charge is 0.324 e. The third-order valence-electron chi connectivity index (χ3n) is 4.00. The topological polar surface area (TPSA) is 98.8 Å². The molecular weight excluding hydrogens is 382 g/mol. The minimum absolute atomic E-state index is 0.00398. The van der Waals surface area contributed by atoms with Crippen LogP contribution in [0.2, 0.25) is 0 Å². The minimum atomic E-state index is -4.00. The van der Waals surface area contributed by atoms with E-state index in [2.05, 4.69) is 4.72 Å². The Balaban J connectivity index is 2.22. The van der Waals surface area contributed by atoms with E-state index in [0.717, 1.165) is 5.56 Å². The molecule has 0 amide bonds. The molecular formula is C20H23NO6S. The maximum atomic E-state index is 12.6. The molecule has 150 valence electrons. The van der Waals surface area contributed by atoms with Crippen LogP contribution in [0.5, 0.6) is 5.75 Å². The molecule has 0 aliphatic heterocycles. The molecule has 0 spiro atoms. The number of carbonyl (C=O) groups excluding carboxylic acids is 2. The SMILES string of the molecule is CCOC(=O)[C@H](CC(=O)c1ccc(OC)cc1)NS(=O)(=O)c1ccc(C)cc1. The molecule has 0 unspecified atom stereocenters. The number of sulfonamides is 1. The molecule has 0 radical (unpaired) electrons. The number of aryl methyl sites for hydroxylation is 1. The van der Waals surface area contributed by atoms with Gasteiger partial charge in [0.25, 0.3) is 0 Å². The van der Waals surface area contributed by atoms with Crippen molar-refractivity contribution in [3.05, 3.63) is 59.7 Å². The number of benzene rings is 2. The van der Waals surface area contributed by atoms with Crippen LogP contribution in [0, 0.1) is 6.92 Å². The fourth-order valence-electron chi connectivity index (χ4n) is 2.47. The highest BCUT2D eigenvalue weighted by atomic mass is 32.2. The number of carbonyl (C=O) groups is 2. The molecule has 8 heteroatoms. The van der Waals surface area contributed by atoms with Gasteiger partial charge in [-0.15, -0.1) is 0 Å². The van der Waals surface area contributed by atoms with E-state index in [1.54, 1.807) is 43.3 Å².